The van der Waals surface area contributed by atoms with E-state index < -0.39 is 5.97 Å². The van der Waals surface area contributed by atoms with E-state index in [1.54, 1.807) is 0 Å². The number of ether oxygens (including phenoxy) is 2. The molecule has 0 N–H and O–H groups in total. The second kappa shape index (κ2) is 8.63. The van der Waals surface area contributed by atoms with Crippen LogP contribution in [0.4, 0.5) is 0 Å². The maximum Gasteiger partial charge on any atom is 0.352 e. The molecule has 17 heavy (non-hydrogen) atoms. The zero-order valence-electron chi connectivity index (χ0n) is 11.1. The molecule has 0 heterocycles. The van der Waals surface area contributed by atoms with Gasteiger partial charge >= 0.3 is 5.97 Å². The number of esters is 1. The molecule has 0 aromatic heterocycles. The molecule has 0 saturated heterocycles. The van der Waals surface area contributed by atoms with Crippen LogP contribution in [-0.4, -0.2) is 18.7 Å². The van der Waals surface area contributed by atoms with Crippen molar-refractivity contribution in [2.75, 3.05) is 6.61 Å². The van der Waals surface area contributed by atoms with E-state index in [1.807, 2.05) is 33.8 Å². The molecule has 0 aliphatic rings. The molecule has 96 valence electrons. The Morgan fingerprint density at radius 2 is 2.00 bits per heavy atom. The lowest BCUT2D eigenvalue weighted by atomic mass is 10.2. The van der Waals surface area contributed by atoms with E-state index in [0.29, 0.717) is 18.8 Å². The Labute approximate surface area is 103 Å². The molecule has 4 heteroatoms. The second-order valence-corrected chi connectivity index (χ2v) is 3.70. The summed E-state index contributed by atoms with van der Waals surface area (Å²) in [7, 11) is 0. The summed E-state index contributed by atoms with van der Waals surface area (Å²) < 4.78 is 10.4. The normalized spacial score (nSPS) is 13.4. The molecule has 0 amide bonds. The van der Waals surface area contributed by atoms with Crippen molar-refractivity contribution in [3.8, 4) is 6.07 Å². The van der Waals surface area contributed by atoms with Crippen LogP contribution in [0.3, 0.4) is 0 Å². The standard InChI is InChI=1S/C13H21NO3/c1-5-8-10(4)17-13(15)11(9-14)12(6-2)16-7-3/h10H,5-8H2,1-4H3. The Morgan fingerprint density at radius 3 is 2.41 bits per heavy atom. The molecule has 1 unspecified atom stereocenters. The molecule has 0 aliphatic heterocycles. The molecule has 0 rings (SSSR count). The van der Waals surface area contributed by atoms with E-state index in [0.717, 1.165) is 12.8 Å². The van der Waals surface area contributed by atoms with Gasteiger partial charge in [0.05, 0.1) is 12.7 Å². The first-order chi connectivity index (χ1) is 8.10. The van der Waals surface area contributed by atoms with Gasteiger partial charge in [-0.3, -0.25) is 0 Å². The first kappa shape index (κ1) is 15.5. The van der Waals surface area contributed by atoms with Crippen LogP contribution in [0.25, 0.3) is 0 Å². The van der Waals surface area contributed by atoms with E-state index in [2.05, 4.69) is 0 Å². The lowest BCUT2D eigenvalue weighted by Crippen LogP contribution is -2.17. The summed E-state index contributed by atoms with van der Waals surface area (Å²) in [5.74, 6) is -0.178. The van der Waals surface area contributed by atoms with Gasteiger partial charge in [0.25, 0.3) is 0 Å². The number of carbonyl (C=O) groups excluding carboxylic acids is 1. The fraction of sp³-hybridized carbons (Fsp3) is 0.692. The second-order valence-electron chi connectivity index (χ2n) is 3.70. The predicted molar refractivity (Wildman–Crippen MR) is 65.0 cm³/mol. The minimum absolute atomic E-state index is 0.0164. The minimum atomic E-state index is -0.584. The van der Waals surface area contributed by atoms with Crippen LogP contribution >= 0.6 is 0 Å². The van der Waals surface area contributed by atoms with Crippen molar-refractivity contribution < 1.29 is 14.3 Å². The van der Waals surface area contributed by atoms with Gasteiger partial charge in [-0.05, 0) is 20.3 Å². The van der Waals surface area contributed by atoms with Gasteiger partial charge in [0.2, 0.25) is 0 Å². The number of carbonyl (C=O) groups is 1. The SMILES string of the molecule is CCCC(C)OC(=O)C(C#N)=C(CC)OCC. The van der Waals surface area contributed by atoms with Gasteiger partial charge in [-0.1, -0.05) is 20.3 Å². The number of nitrogens with zero attached hydrogens (tertiary/aromatic N) is 1. The summed E-state index contributed by atoms with van der Waals surface area (Å²) in [6.45, 7) is 7.93. The Morgan fingerprint density at radius 1 is 1.35 bits per heavy atom. The van der Waals surface area contributed by atoms with E-state index in [1.165, 1.54) is 0 Å². The van der Waals surface area contributed by atoms with E-state index in [9.17, 15) is 4.79 Å². The topological polar surface area (TPSA) is 59.3 Å². The Bertz CT molecular complexity index is 315. The number of rotatable bonds is 7. The highest BCUT2D eigenvalue weighted by molar-refractivity contribution is 5.93. The molecular formula is C13H21NO3. The fourth-order valence-corrected chi connectivity index (χ4v) is 1.45. The molecule has 0 radical (unpaired) electrons. The van der Waals surface area contributed by atoms with Crippen molar-refractivity contribution in [1.29, 1.82) is 5.26 Å². The van der Waals surface area contributed by atoms with Gasteiger partial charge in [-0.2, -0.15) is 5.26 Å². The molecular weight excluding hydrogens is 218 g/mol. The average molecular weight is 239 g/mol. The maximum absolute atomic E-state index is 11.8. The monoisotopic (exact) mass is 239 g/mol. The number of allylic oxidation sites excluding steroid dienone is 1. The van der Waals surface area contributed by atoms with Gasteiger partial charge in [0.1, 0.15) is 11.8 Å². The fourth-order valence-electron chi connectivity index (χ4n) is 1.45. The summed E-state index contributed by atoms with van der Waals surface area (Å²) in [4.78, 5) is 11.8. The molecule has 0 spiro atoms. The van der Waals surface area contributed by atoms with Gasteiger partial charge < -0.3 is 9.47 Å². The first-order valence-electron chi connectivity index (χ1n) is 6.07. The van der Waals surface area contributed by atoms with E-state index in [-0.39, 0.29) is 11.7 Å². The van der Waals surface area contributed by atoms with Crippen molar-refractivity contribution in [2.45, 2.75) is 53.1 Å². The van der Waals surface area contributed by atoms with Gasteiger partial charge in [-0.15, -0.1) is 0 Å². The summed E-state index contributed by atoms with van der Waals surface area (Å²) in [6, 6.07) is 1.87. The van der Waals surface area contributed by atoms with Gasteiger partial charge in [-0.25, -0.2) is 4.79 Å². The number of hydrogen-bond donors (Lipinski definition) is 0. The van der Waals surface area contributed by atoms with Gasteiger partial charge in [0.15, 0.2) is 5.57 Å². The van der Waals surface area contributed by atoms with Crippen LogP contribution in [0.1, 0.15) is 47.0 Å². The molecule has 0 fully saturated rings. The lowest BCUT2D eigenvalue weighted by molar-refractivity contribution is -0.143. The van der Waals surface area contributed by atoms with Crippen LogP contribution in [-0.2, 0) is 14.3 Å². The largest absolute Gasteiger partial charge is 0.497 e. The smallest absolute Gasteiger partial charge is 0.352 e. The third kappa shape index (κ3) is 5.39. The van der Waals surface area contributed by atoms with Crippen molar-refractivity contribution >= 4 is 5.97 Å². The molecule has 4 nitrogen and oxygen atoms in total. The summed E-state index contributed by atoms with van der Waals surface area (Å²) >= 11 is 0. The van der Waals surface area contributed by atoms with Crippen molar-refractivity contribution in [3.63, 3.8) is 0 Å². The van der Waals surface area contributed by atoms with Crippen LogP contribution in [0, 0.1) is 11.3 Å². The summed E-state index contributed by atoms with van der Waals surface area (Å²) in [6.07, 6.45) is 2.07. The number of hydrogen-bond acceptors (Lipinski definition) is 4. The van der Waals surface area contributed by atoms with Crippen molar-refractivity contribution in [3.05, 3.63) is 11.3 Å². The molecule has 0 saturated carbocycles. The summed E-state index contributed by atoms with van der Waals surface area (Å²) in [5.41, 5.74) is -0.0164. The van der Waals surface area contributed by atoms with Crippen LogP contribution in [0.15, 0.2) is 11.3 Å². The molecule has 0 aromatic carbocycles. The first-order valence-corrected chi connectivity index (χ1v) is 6.07. The van der Waals surface area contributed by atoms with Crippen LogP contribution < -0.4 is 0 Å². The highest BCUT2D eigenvalue weighted by Crippen LogP contribution is 2.13. The predicted octanol–water partition coefficient (Wildman–Crippen LogP) is 2.94. The highest BCUT2D eigenvalue weighted by atomic mass is 16.5. The van der Waals surface area contributed by atoms with Crippen LogP contribution in [0.2, 0.25) is 0 Å². The average Bonchev–Trinajstić information content (AvgIpc) is 2.28. The minimum Gasteiger partial charge on any atom is -0.497 e. The Hall–Kier alpha value is -1.50. The zero-order chi connectivity index (χ0) is 13.3. The third-order valence-electron chi connectivity index (χ3n) is 2.24. The molecule has 1 atom stereocenters. The molecule has 0 aliphatic carbocycles. The third-order valence-corrected chi connectivity index (χ3v) is 2.24. The van der Waals surface area contributed by atoms with Gasteiger partial charge in [0, 0.05) is 6.42 Å². The number of nitriles is 1. The zero-order valence-corrected chi connectivity index (χ0v) is 11.1. The quantitative estimate of drug-likeness (QED) is 0.296. The molecule has 0 aromatic rings. The lowest BCUT2D eigenvalue weighted by Gasteiger charge is -2.13. The van der Waals surface area contributed by atoms with Crippen LogP contribution in [0.5, 0.6) is 0 Å². The molecule has 0 bridgehead atoms. The van der Waals surface area contributed by atoms with Crippen molar-refractivity contribution in [1.82, 2.24) is 0 Å². The Kier molecular flexibility index (Phi) is 7.87. The highest BCUT2D eigenvalue weighted by Gasteiger charge is 2.19. The Balaban J connectivity index is 4.76. The van der Waals surface area contributed by atoms with Crippen molar-refractivity contribution in [2.24, 2.45) is 0 Å². The maximum atomic E-state index is 11.8. The summed E-state index contributed by atoms with van der Waals surface area (Å²) in [5, 5.41) is 8.98. The van der Waals surface area contributed by atoms with E-state index >= 15 is 0 Å². The van der Waals surface area contributed by atoms with E-state index in [4.69, 9.17) is 14.7 Å².